The van der Waals surface area contributed by atoms with Gasteiger partial charge in [0.1, 0.15) is 22.8 Å². The maximum Gasteiger partial charge on any atom is 0.247 e. The Kier molecular flexibility index (Phi) is 3.62. The second-order valence-electron chi connectivity index (χ2n) is 6.46. The van der Waals surface area contributed by atoms with Crippen LogP contribution in [-0.4, -0.2) is 15.3 Å². The van der Waals surface area contributed by atoms with Crippen molar-refractivity contribution in [3.63, 3.8) is 0 Å². The number of rotatable bonds is 3. The molecule has 1 N–H and O–H groups in total. The van der Waals surface area contributed by atoms with Crippen molar-refractivity contribution in [2.75, 3.05) is 0 Å². The topological polar surface area (TPSA) is 72.3 Å². The van der Waals surface area contributed by atoms with Gasteiger partial charge < -0.3 is 13.9 Å². The van der Waals surface area contributed by atoms with E-state index in [1.807, 2.05) is 0 Å². The smallest absolute Gasteiger partial charge is 0.247 e. The minimum atomic E-state index is -1.26. The van der Waals surface area contributed by atoms with Crippen LogP contribution in [0.25, 0.3) is 33.6 Å². The molecule has 5 nitrogen and oxygen atoms in total. The van der Waals surface area contributed by atoms with Crippen molar-refractivity contribution in [2.24, 2.45) is 0 Å². The van der Waals surface area contributed by atoms with Crippen molar-refractivity contribution in [3.05, 3.63) is 60.2 Å². The average molecular weight is 356 g/mol. The molecular weight excluding hydrogens is 342 g/mol. The molecule has 132 valence electrons. The molecule has 0 aliphatic carbocycles. The number of nitrogens with zero attached hydrogens (tertiary/aromatic N) is 2. The predicted octanol–water partition coefficient (Wildman–Crippen LogP) is 4.66. The summed E-state index contributed by atoms with van der Waals surface area (Å²) in [7, 11) is 0. The Morgan fingerprint density at radius 1 is 1.00 bits per heavy atom. The zero-order chi connectivity index (χ0) is 18.5. The Labute approximate surface area is 146 Å². The first-order chi connectivity index (χ1) is 12.3. The fourth-order valence-electron chi connectivity index (χ4n) is 2.66. The molecule has 2 aromatic heterocycles. The Morgan fingerprint density at radius 2 is 1.81 bits per heavy atom. The van der Waals surface area contributed by atoms with Gasteiger partial charge in [-0.3, -0.25) is 0 Å². The molecule has 2 aromatic carbocycles. The largest absolute Gasteiger partial charge is 0.464 e. The fraction of sp³-hybridized carbons (Fsp3) is 0.158. The molecule has 0 fully saturated rings. The number of halogens is 2. The fourth-order valence-corrected chi connectivity index (χ4v) is 2.66. The van der Waals surface area contributed by atoms with Crippen LogP contribution in [0.5, 0.6) is 0 Å². The third-order valence-corrected chi connectivity index (χ3v) is 3.99. The van der Waals surface area contributed by atoms with Crippen LogP contribution in [0.3, 0.4) is 0 Å². The highest BCUT2D eigenvalue weighted by Gasteiger charge is 2.24. The summed E-state index contributed by atoms with van der Waals surface area (Å²) in [6.07, 6.45) is 1.38. The first-order valence-electron chi connectivity index (χ1n) is 7.86. The standard InChI is InChI=1S/C19H14F2N2O3/c1-19(2,24)18-23-22-17(26-18)10-3-6-16-13(7-10)14(9-25-16)12-8-11(20)4-5-15(12)21/h3-9,24H,1-2H3. The minimum Gasteiger partial charge on any atom is -0.464 e. The van der Waals surface area contributed by atoms with Gasteiger partial charge in [-0.05, 0) is 50.2 Å². The van der Waals surface area contributed by atoms with Crippen molar-refractivity contribution in [1.29, 1.82) is 0 Å². The first-order valence-corrected chi connectivity index (χ1v) is 7.86. The highest BCUT2D eigenvalue weighted by Crippen LogP contribution is 2.35. The summed E-state index contributed by atoms with van der Waals surface area (Å²) in [5.74, 6) is -0.813. The number of hydrogen-bond acceptors (Lipinski definition) is 5. The first kappa shape index (κ1) is 16.4. The van der Waals surface area contributed by atoms with E-state index in [1.54, 1.807) is 18.2 Å². The lowest BCUT2D eigenvalue weighted by Gasteiger charge is -2.09. The average Bonchev–Trinajstić information content (AvgIpc) is 3.23. The number of aliphatic hydroxyl groups is 1. The lowest BCUT2D eigenvalue weighted by Crippen LogP contribution is -2.15. The molecule has 4 rings (SSSR count). The molecular formula is C19H14F2N2O3. The van der Waals surface area contributed by atoms with Crippen LogP contribution in [0.15, 0.2) is 51.5 Å². The zero-order valence-corrected chi connectivity index (χ0v) is 14.0. The quantitative estimate of drug-likeness (QED) is 0.578. The summed E-state index contributed by atoms with van der Waals surface area (Å²) in [4.78, 5) is 0. The summed E-state index contributed by atoms with van der Waals surface area (Å²) in [5, 5.41) is 18.3. The van der Waals surface area contributed by atoms with Crippen LogP contribution >= 0.6 is 0 Å². The summed E-state index contributed by atoms with van der Waals surface area (Å²) in [6.45, 7) is 3.07. The summed E-state index contributed by atoms with van der Waals surface area (Å²) in [5.41, 5.74) is 0.334. The SMILES string of the molecule is CC(C)(O)c1nnc(-c2ccc3occ(-c4cc(F)ccc4F)c3c2)o1. The van der Waals surface area contributed by atoms with E-state index in [9.17, 15) is 13.9 Å². The molecule has 0 bridgehead atoms. The van der Waals surface area contributed by atoms with E-state index >= 15 is 0 Å². The van der Waals surface area contributed by atoms with Crippen LogP contribution in [0.2, 0.25) is 0 Å². The van der Waals surface area contributed by atoms with Gasteiger partial charge in [0.2, 0.25) is 11.8 Å². The van der Waals surface area contributed by atoms with Crippen LogP contribution in [-0.2, 0) is 5.60 Å². The number of hydrogen-bond donors (Lipinski definition) is 1. The summed E-state index contributed by atoms with van der Waals surface area (Å²) in [6, 6.07) is 8.33. The number of fused-ring (bicyclic) bond motifs is 1. The van der Waals surface area contributed by atoms with Gasteiger partial charge in [0.15, 0.2) is 0 Å². The molecule has 2 heterocycles. The third-order valence-electron chi connectivity index (χ3n) is 3.99. The van der Waals surface area contributed by atoms with Gasteiger partial charge >= 0.3 is 0 Å². The Balaban J connectivity index is 1.85. The van der Waals surface area contributed by atoms with Gasteiger partial charge in [-0.25, -0.2) is 8.78 Å². The summed E-state index contributed by atoms with van der Waals surface area (Å²) >= 11 is 0. The normalized spacial score (nSPS) is 12.0. The Hall–Kier alpha value is -3.06. The summed E-state index contributed by atoms with van der Waals surface area (Å²) < 4.78 is 38.6. The molecule has 0 radical (unpaired) electrons. The van der Waals surface area contributed by atoms with E-state index in [0.717, 1.165) is 18.2 Å². The zero-order valence-electron chi connectivity index (χ0n) is 14.0. The van der Waals surface area contributed by atoms with Crippen molar-refractivity contribution in [2.45, 2.75) is 19.4 Å². The van der Waals surface area contributed by atoms with Gasteiger partial charge in [-0.1, -0.05) is 0 Å². The lowest BCUT2D eigenvalue weighted by molar-refractivity contribution is 0.0488. The van der Waals surface area contributed by atoms with Gasteiger partial charge in [-0.15, -0.1) is 10.2 Å². The van der Waals surface area contributed by atoms with Crippen LogP contribution in [0, 0.1) is 11.6 Å². The predicted molar refractivity (Wildman–Crippen MR) is 90.1 cm³/mol. The molecule has 0 amide bonds. The Morgan fingerprint density at radius 3 is 2.54 bits per heavy atom. The van der Waals surface area contributed by atoms with Crippen molar-refractivity contribution < 1.29 is 22.7 Å². The molecule has 0 aliphatic rings. The molecule has 0 spiro atoms. The van der Waals surface area contributed by atoms with Crippen molar-refractivity contribution in [1.82, 2.24) is 10.2 Å². The minimum absolute atomic E-state index is 0.0798. The molecule has 0 saturated carbocycles. The van der Waals surface area contributed by atoms with E-state index in [1.165, 1.54) is 20.1 Å². The van der Waals surface area contributed by atoms with Crippen LogP contribution in [0.4, 0.5) is 8.78 Å². The lowest BCUT2D eigenvalue weighted by atomic mass is 10.0. The molecule has 0 saturated heterocycles. The van der Waals surface area contributed by atoms with Crippen LogP contribution < -0.4 is 0 Å². The maximum atomic E-state index is 14.1. The molecule has 7 heteroatoms. The van der Waals surface area contributed by atoms with E-state index in [0.29, 0.717) is 22.1 Å². The molecule has 0 aliphatic heterocycles. The highest BCUT2D eigenvalue weighted by atomic mass is 19.1. The number of benzene rings is 2. The molecule has 0 unspecified atom stereocenters. The van der Waals surface area contributed by atoms with E-state index < -0.39 is 17.2 Å². The van der Waals surface area contributed by atoms with Crippen LogP contribution in [0.1, 0.15) is 19.7 Å². The van der Waals surface area contributed by atoms with Gasteiger partial charge in [0.05, 0.1) is 6.26 Å². The molecule has 4 aromatic rings. The maximum absolute atomic E-state index is 14.1. The number of furan rings is 1. The van der Waals surface area contributed by atoms with E-state index in [2.05, 4.69) is 10.2 Å². The van der Waals surface area contributed by atoms with Crippen molar-refractivity contribution >= 4 is 11.0 Å². The second kappa shape index (κ2) is 5.74. The molecule has 0 atom stereocenters. The second-order valence-corrected chi connectivity index (χ2v) is 6.46. The molecule has 26 heavy (non-hydrogen) atoms. The Bertz CT molecular complexity index is 1110. The highest BCUT2D eigenvalue weighted by molar-refractivity contribution is 5.96. The monoisotopic (exact) mass is 356 g/mol. The van der Waals surface area contributed by atoms with Gasteiger partial charge in [0.25, 0.3) is 0 Å². The van der Waals surface area contributed by atoms with Crippen molar-refractivity contribution in [3.8, 4) is 22.6 Å². The third kappa shape index (κ3) is 2.76. The van der Waals surface area contributed by atoms with E-state index in [-0.39, 0.29) is 17.3 Å². The number of aromatic nitrogens is 2. The van der Waals surface area contributed by atoms with Gasteiger partial charge in [0, 0.05) is 22.1 Å². The van der Waals surface area contributed by atoms with E-state index in [4.69, 9.17) is 8.83 Å². The van der Waals surface area contributed by atoms with Gasteiger partial charge in [-0.2, -0.15) is 0 Å².